The summed E-state index contributed by atoms with van der Waals surface area (Å²) in [4.78, 5) is 16.0. The molecule has 2 rings (SSSR count). The van der Waals surface area contributed by atoms with Crippen molar-refractivity contribution in [3.8, 4) is 0 Å². The molecular formula is C13H15N3O2S. The molecular weight excluding hydrogens is 262 g/mol. The Labute approximate surface area is 115 Å². The van der Waals surface area contributed by atoms with Crippen LogP contribution >= 0.6 is 11.8 Å². The number of oxazole rings is 1. The average molecular weight is 277 g/mol. The van der Waals surface area contributed by atoms with E-state index in [1.165, 1.54) is 11.8 Å². The SMILES string of the molecule is Cc1coc(SCC(C(=O)NN)c2ccccc2)n1. The van der Waals surface area contributed by atoms with Gasteiger partial charge < -0.3 is 4.42 Å². The highest BCUT2D eigenvalue weighted by atomic mass is 32.2. The summed E-state index contributed by atoms with van der Waals surface area (Å²) in [6, 6.07) is 9.51. The highest BCUT2D eigenvalue weighted by molar-refractivity contribution is 7.99. The first-order valence-electron chi connectivity index (χ1n) is 5.81. The quantitative estimate of drug-likeness (QED) is 0.377. The number of hydrogen-bond donors (Lipinski definition) is 2. The summed E-state index contributed by atoms with van der Waals surface area (Å²) in [5.41, 5.74) is 3.94. The number of thioether (sulfide) groups is 1. The van der Waals surface area contributed by atoms with Crippen LogP contribution in [0.2, 0.25) is 0 Å². The standard InChI is InChI=1S/C13H15N3O2S/c1-9-7-18-13(15-9)19-8-11(12(17)16-14)10-5-3-2-4-6-10/h2-7,11H,8,14H2,1H3,(H,16,17). The van der Waals surface area contributed by atoms with Crippen molar-refractivity contribution < 1.29 is 9.21 Å². The lowest BCUT2D eigenvalue weighted by Crippen LogP contribution is -2.35. The fourth-order valence-electron chi connectivity index (χ4n) is 1.66. The molecule has 100 valence electrons. The number of carbonyl (C=O) groups excluding carboxylic acids is 1. The van der Waals surface area contributed by atoms with Crippen LogP contribution in [0.1, 0.15) is 17.2 Å². The lowest BCUT2D eigenvalue weighted by atomic mass is 10.0. The van der Waals surface area contributed by atoms with Crippen LogP contribution in [-0.2, 0) is 4.79 Å². The van der Waals surface area contributed by atoms with Crippen LogP contribution in [0.15, 0.2) is 46.2 Å². The van der Waals surface area contributed by atoms with Crippen LogP contribution in [0.4, 0.5) is 0 Å². The normalized spacial score (nSPS) is 12.1. The zero-order chi connectivity index (χ0) is 13.7. The first kappa shape index (κ1) is 13.6. The minimum atomic E-state index is -0.330. The summed E-state index contributed by atoms with van der Waals surface area (Å²) >= 11 is 1.39. The number of aryl methyl sites for hydroxylation is 1. The largest absolute Gasteiger partial charge is 0.440 e. The molecule has 1 aromatic carbocycles. The van der Waals surface area contributed by atoms with E-state index in [2.05, 4.69) is 10.4 Å². The maximum absolute atomic E-state index is 11.8. The van der Waals surface area contributed by atoms with E-state index >= 15 is 0 Å². The predicted molar refractivity (Wildman–Crippen MR) is 73.5 cm³/mol. The zero-order valence-corrected chi connectivity index (χ0v) is 11.3. The molecule has 0 bridgehead atoms. The number of nitrogens with zero attached hydrogens (tertiary/aromatic N) is 1. The Balaban J connectivity index is 2.09. The molecule has 0 radical (unpaired) electrons. The Morgan fingerprint density at radius 1 is 1.47 bits per heavy atom. The number of amides is 1. The van der Waals surface area contributed by atoms with Gasteiger partial charge in [0.1, 0.15) is 6.26 Å². The molecule has 1 atom stereocenters. The van der Waals surface area contributed by atoms with Gasteiger partial charge in [0, 0.05) is 5.75 Å². The number of aromatic nitrogens is 1. The van der Waals surface area contributed by atoms with Gasteiger partial charge in [-0.2, -0.15) is 0 Å². The summed E-state index contributed by atoms with van der Waals surface area (Å²) in [6.07, 6.45) is 1.59. The molecule has 2 aromatic rings. The minimum Gasteiger partial charge on any atom is -0.440 e. The van der Waals surface area contributed by atoms with Gasteiger partial charge in [0.05, 0.1) is 11.6 Å². The molecule has 0 spiro atoms. The van der Waals surface area contributed by atoms with Gasteiger partial charge in [-0.25, -0.2) is 10.8 Å². The summed E-state index contributed by atoms with van der Waals surface area (Å²) < 4.78 is 5.25. The fourth-order valence-corrected chi connectivity index (χ4v) is 2.64. The molecule has 3 N–H and O–H groups in total. The monoisotopic (exact) mass is 277 g/mol. The summed E-state index contributed by atoms with van der Waals surface area (Å²) in [5.74, 6) is 5.21. The molecule has 5 nitrogen and oxygen atoms in total. The van der Waals surface area contributed by atoms with E-state index < -0.39 is 0 Å². The summed E-state index contributed by atoms with van der Waals surface area (Å²) in [6.45, 7) is 1.86. The number of hydrogen-bond acceptors (Lipinski definition) is 5. The number of rotatable bonds is 5. The van der Waals surface area contributed by atoms with Crippen LogP contribution in [0.25, 0.3) is 0 Å². The maximum Gasteiger partial charge on any atom is 0.255 e. The second kappa shape index (κ2) is 6.40. The Kier molecular flexibility index (Phi) is 4.59. The smallest absolute Gasteiger partial charge is 0.255 e. The summed E-state index contributed by atoms with van der Waals surface area (Å²) in [7, 11) is 0. The molecule has 1 unspecified atom stereocenters. The van der Waals surface area contributed by atoms with E-state index in [-0.39, 0.29) is 11.8 Å². The van der Waals surface area contributed by atoms with Crippen LogP contribution in [0, 0.1) is 6.92 Å². The molecule has 1 aromatic heterocycles. The van der Waals surface area contributed by atoms with Crippen molar-refractivity contribution in [1.82, 2.24) is 10.4 Å². The number of hydrazine groups is 1. The van der Waals surface area contributed by atoms with Gasteiger partial charge in [0.15, 0.2) is 0 Å². The van der Waals surface area contributed by atoms with Crippen molar-refractivity contribution in [2.75, 3.05) is 5.75 Å². The van der Waals surface area contributed by atoms with E-state index in [9.17, 15) is 4.79 Å². The molecule has 1 amide bonds. The van der Waals surface area contributed by atoms with E-state index in [0.717, 1.165) is 11.3 Å². The third-order valence-corrected chi connectivity index (χ3v) is 3.57. The van der Waals surface area contributed by atoms with Gasteiger partial charge >= 0.3 is 0 Å². The topological polar surface area (TPSA) is 81.2 Å². The molecule has 0 fully saturated rings. The van der Waals surface area contributed by atoms with Gasteiger partial charge in [0.2, 0.25) is 5.91 Å². The summed E-state index contributed by atoms with van der Waals surface area (Å²) in [5, 5.41) is 0.559. The molecule has 0 aliphatic carbocycles. The van der Waals surface area contributed by atoms with Gasteiger partial charge in [-0.05, 0) is 12.5 Å². The average Bonchev–Trinajstić information content (AvgIpc) is 2.85. The third-order valence-electron chi connectivity index (χ3n) is 2.63. The zero-order valence-electron chi connectivity index (χ0n) is 10.5. The molecule has 0 aliphatic rings. The molecule has 6 heteroatoms. The van der Waals surface area contributed by atoms with Crippen LogP contribution < -0.4 is 11.3 Å². The second-order valence-electron chi connectivity index (χ2n) is 4.04. The van der Waals surface area contributed by atoms with E-state index in [0.29, 0.717) is 11.0 Å². The fraction of sp³-hybridized carbons (Fsp3) is 0.231. The first-order valence-corrected chi connectivity index (χ1v) is 6.79. The van der Waals surface area contributed by atoms with Gasteiger partial charge in [-0.15, -0.1) is 0 Å². The Morgan fingerprint density at radius 2 is 2.21 bits per heavy atom. The number of nitrogens with one attached hydrogen (secondary N) is 1. The van der Waals surface area contributed by atoms with Gasteiger partial charge in [-0.3, -0.25) is 10.2 Å². The van der Waals surface area contributed by atoms with Crippen molar-refractivity contribution in [2.24, 2.45) is 5.84 Å². The Hall–Kier alpha value is -1.79. The Morgan fingerprint density at radius 3 is 2.79 bits per heavy atom. The molecule has 0 saturated carbocycles. The van der Waals surface area contributed by atoms with Crippen LogP contribution in [-0.4, -0.2) is 16.6 Å². The van der Waals surface area contributed by atoms with Crippen LogP contribution in [0.3, 0.4) is 0 Å². The van der Waals surface area contributed by atoms with Crippen molar-refractivity contribution in [3.05, 3.63) is 47.9 Å². The predicted octanol–water partition coefficient (Wildman–Crippen LogP) is 1.85. The third kappa shape index (κ3) is 3.59. The van der Waals surface area contributed by atoms with Crippen molar-refractivity contribution in [3.63, 3.8) is 0 Å². The van der Waals surface area contributed by atoms with E-state index in [1.807, 2.05) is 37.3 Å². The first-order chi connectivity index (χ1) is 9.20. The molecule has 19 heavy (non-hydrogen) atoms. The number of nitrogens with two attached hydrogens (primary N) is 1. The van der Waals surface area contributed by atoms with Crippen molar-refractivity contribution in [2.45, 2.75) is 18.1 Å². The molecule has 1 heterocycles. The Bertz CT molecular complexity index is 542. The van der Waals surface area contributed by atoms with E-state index in [1.54, 1.807) is 6.26 Å². The van der Waals surface area contributed by atoms with Crippen LogP contribution in [0.5, 0.6) is 0 Å². The number of carbonyl (C=O) groups is 1. The minimum absolute atomic E-state index is 0.220. The number of benzene rings is 1. The van der Waals surface area contributed by atoms with E-state index in [4.69, 9.17) is 10.3 Å². The second-order valence-corrected chi connectivity index (χ2v) is 5.01. The van der Waals surface area contributed by atoms with Crippen molar-refractivity contribution >= 4 is 17.7 Å². The highest BCUT2D eigenvalue weighted by Gasteiger charge is 2.20. The maximum atomic E-state index is 11.8. The van der Waals surface area contributed by atoms with Gasteiger partial charge in [-0.1, -0.05) is 42.1 Å². The lowest BCUT2D eigenvalue weighted by molar-refractivity contribution is -0.122. The van der Waals surface area contributed by atoms with Gasteiger partial charge in [0.25, 0.3) is 5.22 Å². The molecule has 0 aliphatic heterocycles. The van der Waals surface area contributed by atoms with Crippen molar-refractivity contribution in [1.29, 1.82) is 0 Å². The molecule has 0 saturated heterocycles. The lowest BCUT2D eigenvalue weighted by Gasteiger charge is -2.14. The highest BCUT2D eigenvalue weighted by Crippen LogP contribution is 2.25.